The standard InChI is InChI=1S/C9H13O4P/c1-4-7-11-14(10,12-8-5-2)13-9-6-3/h1-2H,6-9H2,3H3. The SMILES string of the molecule is C#CCOP(=O)(OCC#C)OCCC. The Morgan fingerprint density at radius 2 is 1.64 bits per heavy atom. The smallest absolute Gasteiger partial charge is 0.287 e. The van der Waals surface area contributed by atoms with Crippen LogP contribution in [-0.2, 0) is 18.1 Å². The molecular weight excluding hydrogens is 203 g/mol. The van der Waals surface area contributed by atoms with Crippen molar-refractivity contribution in [1.29, 1.82) is 0 Å². The summed E-state index contributed by atoms with van der Waals surface area (Å²) in [6.45, 7) is 1.87. The first-order chi connectivity index (χ1) is 6.68. The maximum absolute atomic E-state index is 11.6. The van der Waals surface area contributed by atoms with E-state index in [0.717, 1.165) is 0 Å². The molecule has 0 aromatic carbocycles. The number of terminal acetylenes is 2. The summed E-state index contributed by atoms with van der Waals surface area (Å²) >= 11 is 0. The molecule has 0 aromatic rings. The highest BCUT2D eigenvalue weighted by atomic mass is 31.2. The maximum atomic E-state index is 11.6. The van der Waals surface area contributed by atoms with E-state index in [0.29, 0.717) is 6.42 Å². The number of phosphoric ester groups is 1. The van der Waals surface area contributed by atoms with Crippen molar-refractivity contribution in [2.45, 2.75) is 13.3 Å². The van der Waals surface area contributed by atoms with Crippen molar-refractivity contribution in [3.8, 4) is 24.7 Å². The van der Waals surface area contributed by atoms with E-state index in [9.17, 15) is 4.57 Å². The Morgan fingerprint density at radius 3 is 2.00 bits per heavy atom. The largest absolute Gasteiger partial charge is 0.476 e. The molecule has 0 saturated carbocycles. The fourth-order valence-corrected chi connectivity index (χ4v) is 1.64. The molecule has 0 aliphatic rings. The van der Waals surface area contributed by atoms with Gasteiger partial charge in [0.25, 0.3) is 0 Å². The fourth-order valence-electron chi connectivity index (χ4n) is 0.548. The first-order valence-corrected chi connectivity index (χ1v) is 5.55. The molecule has 0 aromatic heterocycles. The summed E-state index contributed by atoms with van der Waals surface area (Å²) in [5, 5.41) is 0. The number of hydrogen-bond acceptors (Lipinski definition) is 4. The molecule has 0 aliphatic heterocycles. The summed E-state index contributed by atoms with van der Waals surface area (Å²) in [5.74, 6) is 4.34. The molecular formula is C9H13O4P. The summed E-state index contributed by atoms with van der Waals surface area (Å²) in [5.41, 5.74) is 0. The van der Waals surface area contributed by atoms with Crippen LogP contribution < -0.4 is 0 Å². The normalized spacial score (nSPS) is 10.5. The Morgan fingerprint density at radius 1 is 1.14 bits per heavy atom. The summed E-state index contributed by atoms with van der Waals surface area (Å²) in [6.07, 6.45) is 10.6. The molecule has 0 unspecified atom stereocenters. The van der Waals surface area contributed by atoms with Crippen LogP contribution in [0.4, 0.5) is 0 Å². The second-order valence-corrected chi connectivity index (χ2v) is 3.90. The average molecular weight is 216 g/mol. The lowest BCUT2D eigenvalue weighted by Gasteiger charge is -2.14. The Kier molecular flexibility index (Phi) is 7.20. The lowest BCUT2D eigenvalue weighted by Crippen LogP contribution is -2.01. The van der Waals surface area contributed by atoms with Crippen LogP contribution in [0.25, 0.3) is 0 Å². The minimum Gasteiger partial charge on any atom is -0.287 e. The predicted molar refractivity (Wildman–Crippen MR) is 53.4 cm³/mol. The number of hydrogen-bond donors (Lipinski definition) is 0. The number of phosphoric acid groups is 1. The molecule has 0 aliphatic carbocycles. The summed E-state index contributed by atoms with van der Waals surface area (Å²) in [7, 11) is -3.55. The van der Waals surface area contributed by atoms with Crippen molar-refractivity contribution in [2.24, 2.45) is 0 Å². The van der Waals surface area contributed by atoms with E-state index in [1.54, 1.807) is 0 Å². The van der Waals surface area contributed by atoms with Gasteiger partial charge in [0.1, 0.15) is 13.2 Å². The van der Waals surface area contributed by atoms with Crippen molar-refractivity contribution in [1.82, 2.24) is 0 Å². The lowest BCUT2D eigenvalue weighted by atomic mass is 10.5. The van der Waals surface area contributed by atoms with Crippen LogP contribution in [0, 0.1) is 24.7 Å². The summed E-state index contributed by atoms with van der Waals surface area (Å²) in [6, 6.07) is 0. The summed E-state index contributed by atoms with van der Waals surface area (Å²) in [4.78, 5) is 0. The van der Waals surface area contributed by atoms with Crippen LogP contribution in [0.3, 0.4) is 0 Å². The van der Waals surface area contributed by atoms with Gasteiger partial charge in [-0.1, -0.05) is 18.8 Å². The van der Waals surface area contributed by atoms with E-state index >= 15 is 0 Å². The Hall–Kier alpha value is -0.770. The maximum Gasteiger partial charge on any atom is 0.476 e. The third-order valence-electron chi connectivity index (χ3n) is 1.07. The molecule has 5 heteroatoms. The van der Waals surface area contributed by atoms with E-state index in [4.69, 9.17) is 26.4 Å². The summed E-state index contributed by atoms with van der Waals surface area (Å²) < 4.78 is 26.1. The van der Waals surface area contributed by atoms with Crippen LogP contribution >= 0.6 is 7.82 Å². The van der Waals surface area contributed by atoms with Crippen LogP contribution in [0.15, 0.2) is 0 Å². The first-order valence-electron chi connectivity index (χ1n) is 4.09. The average Bonchev–Trinajstić information content (AvgIpc) is 2.21. The van der Waals surface area contributed by atoms with Crippen LogP contribution in [0.5, 0.6) is 0 Å². The van der Waals surface area contributed by atoms with Crippen LogP contribution in [0.2, 0.25) is 0 Å². The molecule has 0 spiro atoms. The zero-order chi connectivity index (χ0) is 10.9. The lowest BCUT2D eigenvalue weighted by molar-refractivity contribution is 0.134. The van der Waals surface area contributed by atoms with Crippen molar-refractivity contribution >= 4 is 7.82 Å². The quantitative estimate of drug-likeness (QED) is 0.481. The van der Waals surface area contributed by atoms with Gasteiger partial charge in [0.2, 0.25) is 0 Å². The molecule has 0 saturated heterocycles. The van der Waals surface area contributed by atoms with Crippen molar-refractivity contribution < 1.29 is 18.1 Å². The molecule has 0 radical (unpaired) electrons. The van der Waals surface area contributed by atoms with E-state index in [-0.39, 0.29) is 19.8 Å². The Balaban J connectivity index is 4.13. The molecule has 0 amide bonds. The minimum absolute atomic E-state index is 0.133. The van der Waals surface area contributed by atoms with Gasteiger partial charge in [-0.05, 0) is 6.42 Å². The van der Waals surface area contributed by atoms with Gasteiger partial charge in [-0.3, -0.25) is 13.6 Å². The van der Waals surface area contributed by atoms with Crippen molar-refractivity contribution in [2.75, 3.05) is 19.8 Å². The fraction of sp³-hybridized carbons (Fsp3) is 0.556. The molecule has 0 bridgehead atoms. The van der Waals surface area contributed by atoms with Crippen molar-refractivity contribution in [3.63, 3.8) is 0 Å². The highest BCUT2D eigenvalue weighted by Crippen LogP contribution is 2.49. The highest BCUT2D eigenvalue weighted by molar-refractivity contribution is 7.48. The molecule has 0 fully saturated rings. The molecule has 0 rings (SSSR count). The van der Waals surface area contributed by atoms with Gasteiger partial charge >= 0.3 is 7.82 Å². The monoisotopic (exact) mass is 216 g/mol. The zero-order valence-electron chi connectivity index (χ0n) is 8.06. The van der Waals surface area contributed by atoms with Gasteiger partial charge in [0, 0.05) is 0 Å². The van der Waals surface area contributed by atoms with Gasteiger partial charge in [-0.15, -0.1) is 12.8 Å². The topological polar surface area (TPSA) is 44.8 Å². The molecule has 14 heavy (non-hydrogen) atoms. The van der Waals surface area contributed by atoms with Gasteiger partial charge in [-0.25, -0.2) is 4.57 Å². The first kappa shape index (κ1) is 13.2. The highest BCUT2D eigenvalue weighted by Gasteiger charge is 2.25. The second kappa shape index (κ2) is 7.62. The minimum atomic E-state index is -3.55. The zero-order valence-corrected chi connectivity index (χ0v) is 8.96. The van der Waals surface area contributed by atoms with E-state index in [1.807, 2.05) is 6.92 Å². The third kappa shape index (κ3) is 5.80. The van der Waals surface area contributed by atoms with E-state index in [1.165, 1.54) is 0 Å². The Bertz CT molecular complexity index is 252. The van der Waals surface area contributed by atoms with Crippen LogP contribution in [-0.4, -0.2) is 19.8 Å². The second-order valence-electron chi connectivity index (χ2n) is 2.24. The van der Waals surface area contributed by atoms with Crippen molar-refractivity contribution in [3.05, 3.63) is 0 Å². The number of rotatable bonds is 7. The Labute approximate surface area is 84.5 Å². The van der Waals surface area contributed by atoms with E-state index < -0.39 is 7.82 Å². The van der Waals surface area contributed by atoms with Gasteiger partial charge in [0.15, 0.2) is 0 Å². The van der Waals surface area contributed by atoms with Gasteiger partial charge in [-0.2, -0.15) is 0 Å². The molecule has 78 valence electrons. The van der Waals surface area contributed by atoms with Gasteiger partial charge < -0.3 is 0 Å². The predicted octanol–water partition coefficient (Wildman–Crippen LogP) is 1.82. The molecule has 0 atom stereocenters. The molecule has 0 N–H and O–H groups in total. The van der Waals surface area contributed by atoms with Gasteiger partial charge in [0.05, 0.1) is 6.61 Å². The van der Waals surface area contributed by atoms with Crippen LogP contribution in [0.1, 0.15) is 13.3 Å². The van der Waals surface area contributed by atoms with E-state index in [2.05, 4.69) is 11.8 Å². The third-order valence-corrected chi connectivity index (χ3v) is 2.45. The molecule has 0 heterocycles. The molecule has 4 nitrogen and oxygen atoms in total.